The van der Waals surface area contributed by atoms with Crippen LogP contribution in [-0.2, 0) is 14.3 Å². The summed E-state index contributed by atoms with van der Waals surface area (Å²) < 4.78 is 9.83. The van der Waals surface area contributed by atoms with E-state index in [1.807, 2.05) is 0 Å². The zero-order valence-electron chi connectivity index (χ0n) is 15.7. The molecule has 0 saturated carbocycles. The molecular weight excluding hydrogens is 356 g/mol. The number of ether oxygens (including phenoxy) is 2. The van der Waals surface area contributed by atoms with Crippen molar-refractivity contribution in [3.8, 4) is 0 Å². The van der Waals surface area contributed by atoms with Crippen LogP contribution in [0.3, 0.4) is 0 Å². The van der Waals surface area contributed by atoms with Crippen LogP contribution in [0.4, 0.5) is 5.00 Å². The standard InChI is InChI=1S/C18H26N2O5S/c1-5-25-17(22)14-12(3)15(18(23)24-4)26-16(14)19-13(21)10-20-8-6-11(2)7-9-20/h11H,5-10H2,1-4H3,(H,19,21). The van der Waals surface area contributed by atoms with E-state index < -0.39 is 11.9 Å². The number of methoxy groups -OCH3 is 1. The van der Waals surface area contributed by atoms with Crippen molar-refractivity contribution in [1.29, 1.82) is 0 Å². The Kier molecular flexibility index (Phi) is 7.16. The average Bonchev–Trinajstić information content (AvgIpc) is 2.92. The van der Waals surface area contributed by atoms with Crippen LogP contribution >= 0.6 is 11.3 Å². The van der Waals surface area contributed by atoms with Gasteiger partial charge < -0.3 is 14.8 Å². The second kappa shape index (κ2) is 9.14. The number of amides is 1. The van der Waals surface area contributed by atoms with E-state index in [0.717, 1.165) is 37.3 Å². The van der Waals surface area contributed by atoms with Gasteiger partial charge in [0.25, 0.3) is 0 Å². The Balaban J connectivity index is 2.17. The quantitative estimate of drug-likeness (QED) is 0.762. The fraction of sp³-hybridized carbons (Fsp3) is 0.611. The molecule has 1 amide bonds. The molecule has 1 aromatic heterocycles. The Hall–Kier alpha value is -1.93. The summed E-state index contributed by atoms with van der Waals surface area (Å²) in [6.07, 6.45) is 2.15. The molecule has 0 aliphatic carbocycles. The van der Waals surface area contributed by atoms with Crippen molar-refractivity contribution < 1.29 is 23.9 Å². The number of hydrogen-bond acceptors (Lipinski definition) is 7. The van der Waals surface area contributed by atoms with Gasteiger partial charge in [0, 0.05) is 0 Å². The van der Waals surface area contributed by atoms with Gasteiger partial charge >= 0.3 is 11.9 Å². The van der Waals surface area contributed by atoms with Crippen molar-refractivity contribution >= 4 is 34.2 Å². The van der Waals surface area contributed by atoms with Crippen molar-refractivity contribution in [2.45, 2.75) is 33.6 Å². The highest BCUT2D eigenvalue weighted by atomic mass is 32.1. The Morgan fingerprint density at radius 2 is 1.88 bits per heavy atom. The van der Waals surface area contributed by atoms with E-state index in [4.69, 9.17) is 9.47 Å². The Morgan fingerprint density at radius 1 is 1.23 bits per heavy atom. The molecule has 1 aliphatic rings. The molecule has 1 saturated heterocycles. The molecule has 2 heterocycles. The normalized spacial score (nSPS) is 15.5. The van der Waals surface area contributed by atoms with Gasteiger partial charge in [0.15, 0.2) is 0 Å². The summed E-state index contributed by atoms with van der Waals surface area (Å²) in [6.45, 7) is 7.81. The zero-order valence-corrected chi connectivity index (χ0v) is 16.5. The van der Waals surface area contributed by atoms with Crippen LogP contribution in [0, 0.1) is 12.8 Å². The smallest absolute Gasteiger partial charge is 0.348 e. The summed E-state index contributed by atoms with van der Waals surface area (Å²) in [5.74, 6) is -0.614. The molecule has 7 nitrogen and oxygen atoms in total. The fourth-order valence-electron chi connectivity index (χ4n) is 2.93. The largest absolute Gasteiger partial charge is 0.465 e. The monoisotopic (exact) mass is 382 g/mol. The minimum Gasteiger partial charge on any atom is -0.465 e. The lowest BCUT2D eigenvalue weighted by atomic mass is 9.99. The van der Waals surface area contributed by atoms with Gasteiger partial charge in [0.2, 0.25) is 5.91 Å². The zero-order chi connectivity index (χ0) is 19.3. The van der Waals surface area contributed by atoms with Gasteiger partial charge in [-0.05, 0) is 51.3 Å². The van der Waals surface area contributed by atoms with Gasteiger partial charge in [0.05, 0.1) is 25.8 Å². The van der Waals surface area contributed by atoms with Crippen LogP contribution in [0.1, 0.15) is 52.3 Å². The van der Waals surface area contributed by atoms with Crippen molar-refractivity contribution in [1.82, 2.24) is 4.90 Å². The first-order chi connectivity index (χ1) is 12.4. The highest BCUT2D eigenvalue weighted by Crippen LogP contribution is 2.34. The van der Waals surface area contributed by atoms with Gasteiger partial charge in [-0.15, -0.1) is 11.3 Å². The molecule has 0 atom stereocenters. The van der Waals surface area contributed by atoms with E-state index in [2.05, 4.69) is 17.1 Å². The van der Waals surface area contributed by atoms with Crippen LogP contribution in [-0.4, -0.2) is 56.1 Å². The van der Waals surface area contributed by atoms with Crippen LogP contribution in [0.5, 0.6) is 0 Å². The van der Waals surface area contributed by atoms with Gasteiger partial charge in [0.1, 0.15) is 9.88 Å². The Bertz CT molecular complexity index is 677. The highest BCUT2D eigenvalue weighted by Gasteiger charge is 2.27. The maximum absolute atomic E-state index is 12.4. The molecule has 26 heavy (non-hydrogen) atoms. The molecule has 8 heteroatoms. The Morgan fingerprint density at radius 3 is 2.46 bits per heavy atom. The maximum atomic E-state index is 12.4. The Labute approximate surface area is 157 Å². The summed E-state index contributed by atoms with van der Waals surface area (Å²) in [4.78, 5) is 39.0. The van der Waals surface area contributed by atoms with Gasteiger partial charge in [-0.1, -0.05) is 6.92 Å². The molecule has 1 aliphatic heterocycles. The van der Waals surface area contributed by atoms with Crippen molar-refractivity contribution in [2.75, 3.05) is 38.7 Å². The number of anilines is 1. The predicted molar refractivity (Wildman–Crippen MR) is 99.8 cm³/mol. The molecule has 0 unspecified atom stereocenters. The fourth-order valence-corrected chi connectivity index (χ4v) is 4.06. The summed E-state index contributed by atoms with van der Waals surface area (Å²) in [6, 6.07) is 0. The number of piperidine rings is 1. The molecule has 0 spiro atoms. The second-order valence-corrected chi connectivity index (χ2v) is 7.50. The summed E-state index contributed by atoms with van der Waals surface area (Å²) >= 11 is 1.04. The molecule has 1 N–H and O–H groups in total. The number of thiophene rings is 1. The van der Waals surface area contributed by atoms with E-state index >= 15 is 0 Å². The number of carbonyl (C=O) groups excluding carboxylic acids is 3. The van der Waals surface area contributed by atoms with Crippen molar-refractivity contribution in [2.24, 2.45) is 5.92 Å². The first kappa shape index (κ1) is 20.4. The third-order valence-corrected chi connectivity index (χ3v) is 5.68. The number of likely N-dealkylation sites (tertiary alicyclic amines) is 1. The molecule has 2 rings (SSSR count). The number of hydrogen-bond donors (Lipinski definition) is 1. The minimum atomic E-state index is -0.557. The molecule has 1 aromatic rings. The third kappa shape index (κ3) is 4.82. The summed E-state index contributed by atoms with van der Waals surface area (Å²) in [5, 5.41) is 3.11. The van der Waals surface area contributed by atoms with Gasteiger partial charge in [-0.3, -0.25) is 9.69 Å². The lowest BCUT2D eigenvalue weighted by molar-refractivity contribution is -0.117. The van der Waals surface area contributed by atoms with Crippen molar-refractivity contribution in [3.05, 3.63) is 16.0 Å². The maximum Gasteiger partial charge on any atom is 0.348 e. The second-order valence-electron chi connectivity index (χ2n) is 6.48. The van der Waals surface area contributed by atoms with Gasteiger partial charge in [-0.25, -0.2) is 9.59 Å². The number of rotatable bonds is 6. The van der Waals surface area contributed by atoms with E-state index in [0.29, 0.717) is 16.5 Å². The van der Waals surface area contributed by atoms with E-state index in [1.165, 1.54) is 7.11 Å². The van der Waals surface area contributed by atoms with E-state index in [9.17, 15) is 14.4 Å². The molecular formula is C18H26N2O5S. The molecule has 0 bridgehead atoms. The third-order valence-electron chi connectivity index (χ3n) is 4.49. The topological polar surface area (TPSA) is 84.9 Å². The van der Waals surface area contributed by atoms with E-state index in [1.54, 1.807) is 13.8 Å². The van der Waals surface area contributed by atoms with Crippen LogP contribution < -0.4 is 5.32 Å². The van der Waals surface area contributed by atoms with Crippen LogP contribution in [0.15, 0.2) is 0 Å². The summed E-state index contributed by atoms with van der Waals surface area (Å²) in [5.41, 5.74) is 0.681. The lowest BCUT2D eigenvalue weighted by Crippen LogP contribution is -2.38. The molecule has 0 aromatic carbocycles. The SMILES string of the molecule is CCOC(=O)c1c(NC(=O)CN2CCC(C)CC2)sc(C(=O)OC)c1C. The molecule has 0 radical (unpaired) electrons. The predicted octanol–water partition coefficient (Wildman–Crippen LogP) is 2.69. The van der Waals surface area contributed by atoms with Crippen molar-refractivity contribution in [3.63, 3.8) is 0 Å². The molecule has 144 valence electrons. The number of carbonyl (C=O) groups is 3. The lowest BCUT2D eigenvalue weighted by Gasteiger charge is -2.29. The number of esters is 2. The van der Waals surface area contributed by atoms with Crippen LogP contribution in [0.2, 0.25) is 0 Å². The highest BCUT2D eigenvalue weighted by molar-refractivity contribution is 7.18. The summed E-state index contributed by atoms with van der Waals surface area (Å²) in [7, 11) is 1.28. The number of nitrogens with zero attached hydrogens (tertiary/aromatic N) is 1. The molecule has 1 fully saturated rings. The van der Waals surface area contributed by atoms with Crippen LogP contribution in [0.25, 0.3) is 0 Å². The minimum absolute atomic E-state index is 0.206. The first-order valence-corrected chi connectivity index (χ1v) is 9.60. The average molecular weight is 382 g/mol. The van der Waals surface area contributed by atoms with E-state index in [-0.39, 0.29) is 29.5 Å². The van der Waals surface area contributed by atoms with Gasteiger partial charge in [-0.2, -0.15) is 0 Å². The number of nitrogens with one attached hydrogen (secondary N) is 1. The first-order valence-electron chi connectivity index (χ1n) is 8.78.